The second kappa shape index (κ2) is 8.49. The molecular formula is C21H31N5O2. The van der Waals surface area contributed by atoms with E-state index in [0.29, 0.717) is 11.8 Å². The summed E-state index contributed by atoms with van der Waals surface area (Å²) in [5.41, 5.74) is 0.979. The fourth-order valence-corrected chi connectivity index (χ4v) is 4.21. The first-order valence-electron chi connectivity index (χ1n) is 10.5. The number of aryl methyl sites for hydroxylation is 1. The fourth-order valence-electron chi connectivity index (χ4n) is 4.21. The van der Waals surface area contributed by atoms with E-state index >= 15 is 0 Å². The first-order chi connectivity index (χ1) is 13.6. The minimum atomic E-state index is -0.206. The Labute approximate surface area is 166 Å². The summed E-state index contributed by atoms with van der Waals surface area (Å²) in [5.74, 6) is 1.80. The summed E-state index contributed by atoms with van der Waals surface area (Å²) in [7, 11) is 2.14. The second-order valence-electron chi connectivity index (χ2n) is 8.21. The molecule has 0 unspecified atom stereocenters. The van der Waals surface area contributed by atoms with E-state index in [1.165, 1.54) is 19.3 Å². The van der Waals surface area contributed by atoms with Crippen molar-refractivity contribution in [1.82, 2.24) is 19.6 Å². The lowest BCUT2D eigenvalue weighted by atomic mass is 10.1. The normalized spacial score (nSPS) is 19.8. The monoisotopic (exact) mass is 385 g/mol. The molecule has 2 aliphatic heterocycles. The van der Waals surface area contributed by atoms with Gasteiger partial charge in [-0.25, -0.2) is 4.68 Å². The van der Waals surface area contributed by atoms with Crippen molar-refractivity contribution in [2.75, 3.05) is 38.5 Å². The van der Waals surface area contributed by atoms with E-state index in [9.17, 15) is 4.79 Å². The summed E-state index contributed by atoms with van der Waals surface area (Å²) in [6, 6.07) is 4.02. The maximum absolute atomic E-state index is 12.8. The molecule has 2 aromatic heterocycles. The molecule has 0 aromatic carbocycles. The number of hydrogen-bond donors (Lipinski definition) is 1. The van der Waals surface area contributed by atoms with Gasteiger partial charge in [-0.2, -0.15) is 5.10 Å². The number of rotatable bonds is 5. The van der Waals surface area contributed by atoms with Crippen molar-refractivity contribution >= 4 is 11.7 Å². The summed E-state index contributed by atoms with van der Waals surface area (Å²) >= 11 is 0. The Morgan fingerprint density at radius 1 is 1.18 bits per heavy atom. The van der Waals surface area contributed by atoms with Gasteiger partial charge in [0.2, 0.25) is 0 Å². The number of carbonyl (C=O) groups is 1. The lowest BCUT2D eigenvalue weighted by molar-refractivity contribution is 0.0990. The molecule has 28 heavy (non-hydrogen) atoms. The van der Waals surface area contributed by atoms with Crippen molar-refractivity contribution in [2.24, 2.45) is 0 Å². The van der Waals surface area contributed by atoms with Crippen LogP contribution in [0.5, 0.6) is 0 Å². The van der Waals surface area contributed by atoms with Gasteiger partial charge >= 0.3 is 0 Å². The molecule has 0 atom stereocenters. The van der Waals surface area contributed by atoms with Crippen molar-refractivity contribution in [1.29, 1.82) is 0 Å². The van der Waals surface area contributed by atoms with Gasteiger partial charge in [0.15, 0.2) is 5.76 Å². The molecule has 0 spiro atoms. The lowest BCUT2D eigenvalue weighted by Crippen LogP contribution is -2.32. The maximum atomic E-state index is 12.8. The van der Waals surface area contributed by atoms with Crippen LogP contribution in [-0.4, -0.2) is 58.7 Å². The van der Waals surface area contributed by atoms with Crippen LogP contribution in [0.4, 0.5) is 5.82 Å². The smallest absolute Gasteiger partial charge is 0.292 e. The van der Waals surface area contributed by atoms with Gasteiger partial charge in [0.25, 0.3) is 5.91 Å². The number of piperidine rings is 2. The average Bonchev–Trinajstić information content (AvgIpc) is 3.31. The van der Waals surface area contributed by atoms with Gasteiger partial charge in [0.1, 0.15) is 11.6 Å². The van der Waals surface area contributed by atoms with E-state index in [1.807, 2.05) is 23.9 Å². The highest BCUT2D eigenvalue weighted by Crippen LogP contribution is 2.27. The van der Waals surface area contributed by atoms with Crippen molar-refractivity contribution in [3.63, 3.8) is 0 Å². The van der Waals surface area contributed by atoms with E-state index in [1.54, 1.807) is 6.07 Å². The number of likely N-dealkylation sites (tertiary alicyclic amines) is 2. The standard InChI is InChI=1S/C21H31N5O2/c1-16-14-22-26(17-8-12-24(2)13-9-17)20(16)23-21(27)19-7-6-18(28-19)15-25-10-4-3-5-11-25/h6-7,14,17H,3-5,8-13,15H2,1-2H3,(H,23,27). The van der Waals surface area contributed by atoms with Crippen LogP contribution in [0, 0.1) is 6.92 Å². The van der Waals surface area contributed by atoms with Crippen molar-refractivity contribution in [3.8, 4) is 0 Å². The topological polar surface area (TPSA) is 66.5 Å². The van der Waals surface area contributed by atoms with E-state index in [-0.39, 0.29) is 5.91 Å². The predicted molar refractivity (Wildman–Crippen MR) is 109 cm³/mol. The van der Waals surface area contributed by atoms with Crippen LogP contribution in [0.25, 0.3) is 0 Å². The molecule has 2 saturated heterocycles. The second-order valence-corrected chi connectivity index (χ2v) is 8.21. The molecular weight excluding hydrogens is 354 g/mol. The van der Waals surface area contributed by atoms with Gasteiger partial charge in [-0.05, 0) is 78.0 Å². The van der Waals surface area contributed by atoms with Crippen molar-refractivity contribution < 1.29 is 9.21 Å². The molecule has 1 amide bonds. The van der Waals surface area contributed by atoms with Gasteiger partial charge < -0.3 is 14.6 Å². The zero-order valence-corrected chi connectivity index (χ0v) is 17.0. The van der Waals surface area contributed by atoms with Crippen LogP contribution in [0.3, 0.4) is 0 Å². The van der Waals surface area contributed by atoms with Gasteiger partial charge in [-0.15, -0.1) is 0 Å². The summed E-state index contributed by atoms with van der Waals surface area (Å²) in [4.78, 5) is 17.5. The molecule has 152 valence electrons. The molecule has 2 fully saturated rings. The third-order valence-electron chi connectivity index (χ3n) is 5.96. The molecule has 2 aromatic rings. The van der Waals surface area contributed by atoms with Gasteiger partial charge in [0, 0.05) is 5.56 Å². The Bertz CT molecular complexity index is 798. The van der Waals surface area contributed by atoms with Crippen molar-refractivity contribution in [2.45, 2.75) is 51.6 Å². The Balaban J connectivity index is 1.42. The van der Waals surface area contributed by atoms with Crippen LogP contribution in [0.2, 0.25) is 0 Å². The number of nitrogens with zero attached hydrogens (tertiary/aromatic N) is 4. The zero-order chi connectivity index (χ0) is 19.5. The Hall–Kier alpha value is -2.12. The summed E-state index contributed by atoms with van der Waals surface area (Å²) in [5, 5.41) is 7.58. The average molecular weight is 386 g/mol. The third-order valence-corrected chi connectivity index (χ3v) is 5.96. The number of hydrogen-bond acceptors (Lipinski definition) is 5. The van der Waals surface area contributed by atoms with Crippen LogP contribution in [-0.2, 0) is 6.54 Å². The number of nitrogens with one attached hydrogen (secondary N) is 1. The molecule has 2 aliphatic rings. The zero-order valence-electron chi connectivity index (χ0n) is 17.0. The molecule has 0 bridgehead atoms. The number of carbonyl (C=O) groups excluding carboxylic acids is 1. The molecule has 0 aliphatic carbocycles. The van der Waals surface area contributed by atoms with E-state index in [2.05, 4.69) is 27.3 Å². The molecule has 4 heterocycles. The molecule has 7 nitrogen and oxygen atoms in total. The molecule has 0 saturated carbocycles. The summed E-state index contributed by atoms with van der Waals surface area (Å²) in [6.07, 6.45) is 7.72. The number of furan rings is 1. The molecule has 0 radical (unpaired) electrons. The van der Waals surface area contributed by atoms with Gasteiger partial charge in [-0.3, -0.25) is 9.69 Å². The Morgan fingerprint density at radius 2 is 1.93 bits per heavy atom. The van der Waals surface area contributed by atoms with E-state index in [4.69, 9.17) is 4.42 Å². The van der Waals surface area contributed by atoms with Crippen LogP contribution < -0.4 is 5.32 Å². The first-order valence-corrected chi connectivity index (χ1v) is 10.5. The lowest BCUT2D eigenvalue weighted by Gasteiger charge is -2.30. The summed E-state index contributed by atoms with van der Waals surface area (Å²) < 4.78 is 7.83. The minimum absolute atomic E-state index is 0.206. The van der Waals surface area contributed by atoms with E-state index < -0.39 is 0 Å². The highest BCUT2D eigenvalue weighted by atomic mass is 16.4. The molecule has 7 heteroatoms. The highest BCUT2D eigenvalue weighted by Gasteiger charge is 2.24. The largest absolute Gasteiger partial charge is 0.455 e. The quantitative estimate of drug-likeness (QED) is 0.855. The van der Waals surface area contributed by atoms with Crippen LogP contribution in [0.1, 0.15) is 60.0 Å². The van der Waals surface area contributed by atoms with Gasteiger partial charge in [-0.1, -0.05) is 6.42 Å². The number of anilines is 1. The highest BCUT2D eigenvalue weighted by molar-refractivity contribution is 6.02. The Morgan fingerprint density at radius 3 is 2.68 bits per heavy atom. The number of aromatic nitrogens is 2. The maximum Gasteiger partial charge on any atom is 0.292 e. The predicted octanol–water partition coefficient (Wildman–Crippen LogP) is 3.29. The first kappa shape index (κ1) is 19.2. The SMILES string of the molecule is Cc1cnn(C2CCN(C)CC2)c1NC(=O)c1ccc(CN2CCCCC2)o1. The molecule has 4 rings (SSSR count). The Kier molecular flexibility index (Phi) is 5.82. The van der Waals surface area contributed by atoms with E-state index in [0.717, 1.165) is 62.7 Å². The van der Waals surface area contributed by atoms with Gasteiger partial charge in [0.05, 0.1) is 18.8 Å². The third kappa shape index (κ3) is 4.31. The van der Waals surface area contributed by atoms with Crippen LogP contribution >= 0.6 is 0 Å². The summed E-state index contributed by atoms with van der Waals surface area (Å²) in [6.45, 7) is 7.08. The number of amides is 1. The fraction of sp³-hybridized carbons (Fsp3) is 0.619. The van der Waals surface area contributed by atoms with Crippen LogP contribution in [0.15, 0.2) is 22.7 Å². The minimum Gasteiger partial charge on any atom is -0.455 e. The van der Waals surface area contributed by atoms with Crippen molar-refractivity contribution in [3.05, 3.63) is 35.4 Å². The molecule has 1 N–H and O–H groups in total.